The summed E-state index contributed by atoms with van der Waals surface area (Å²) in [7, 11) is 3.75. The highest BCUT2D eigenvalue weighted by atomic mass is 16.5. The van der Waals surface area contributed by atoms with Crippen molar-refractivity contribution in [2.75, 3.05) is 14.2 Å². The Labute approximate surface area is 124 Å². The maximum atomic E-state index is 5.42. The molecule has 0 aliphatic heterocycles. The molecular weight excluding hydrogens is 266 g/mol. The predicted octanol–water partition coefficient (Wildman–Crippen LogP) is 2.90. The lowest BCUT2D eigenvalue weighted by Gasteiger charge is -2.17. The fourth-order valence-corrected chi connectivity index (χ4v) is 2.45. The lowest BCUT2D eigenvalue weighted by molar-refractivity contribution is 0.257. The summed E-state index contributed by atoms with van der Waals surface area (Å²) in [6.07, 6.45) is 2.38. The van der Waals surface area contributed by atoms with Gasteiger partial charge in [-0.15, -0.1) is 0 Å². The van der Waals surface area contributed by atoms with E-state index in [2.05, 4.69) is 34.1 Å². The van der Waals surface area contributed by atoms with Gasteiger partial charge < -0.3 is 9.26 Å². The van der Waals surface area contributed by atoms with Gasteiger partial charge in [-0.2, -0.15) is 4.98 Å². The van der Waals surface area contributed by atoms with E-state index in [1.807, 2.05) is 13.1 Å². The molecule has 0 saturated heterocycles. The lowest BCUT2D eigenvalue weighted by atomic mass is 10.1. The fraction of sp³-hybridized carbons (Fsp3) is 0.500. The Bertz CT molecular complexity index is 620. The average Bonchev–Trinajstić information content (AvgIpc) is 3.20. The first-order valence-electron chi connectivity index (χ1n) is 7.30. The van der Waals surface area contributed by atoms with Crippen LogP contribution in [-0.2, 0) is 13.1 Å². The van der Waals surface area contributed by atoms with Crippen LogP contribution >= 0.6 is 0 Å². The van der Waals surface area contributed by atoms with Crippen LogP contribution in [0.5, 0.6) is 5.75 Å². The van der Waals surface area contributed by atoms with E-state index >= 15 is 0 Å². The van der Waals surface area contributed by atoms with Crippen molar-refractivity contribution in [3.63, 3.8) is 0 Å². The minimum atomic E-state index is 0.532. The summed E-state index contributed by atoms with van der Waals surface area (Å²) in [6.45, 7) is 3.52. The summed E-state index contributed by atoms with van der Waals surface area (Å²) in [6, 6.07) is 6.22. The average molecular weight is 287 g/mol. The second-order valence-corrected chi connectivity index (χ2v) is 5.81. The number of aromatic nitrogens is 2. The van der Waals surface area contributed by atoms with E-state index in [-0.39, 0.29) is 0 Å². The first-order chi connectivity index (χ1) is 10.2. The van der Waals surface area contributed by atoms with Gasteiger partial charge in [0.1, 0.15) is 5.75 Å². The predicted molar refractivity (Wildman–Crippen MR) is 79.2 cm³/mol. The fourth-order valence-electron chi connectivity index (χ4n) is 2.45. The monoisotopic (exact) mass is 287 g/mol. The molecule has 5 heteroatoms. The number of aryl methyl sites for hydroxylation is 1. The zero-order chi connectivity index (χ0) is 14.8. The van der Waals surface area contributed by atoms with Gasteiger partial charge in [-0.3, -0.25) is 4.90 Å². The molecule has 3 rings (SSSR count). The highest BCUT2D eigenvalue weighted by Crippen LogP contribution is 2.38. The maximum Gasteiger partial charge on any atom is 0.240 e. The Balaban J connectivity index is 1.65. The van der Waals surface area contributed by atoms with Crippen molar-refractivity contribution < 1.29 is 9.26 Å². The Kier molecular flexibility index (Phi) is 3.92. The van der Waals surface area contributed by atoms with Crippen molar-refractivity contribution >= 4 is 0 Å². The number of hydrogen-bond acceptors (Lipinski definition) is 5. The van der Waals surface area contributed by atoms with E-state index < -0.39 is 0 Å². The summed E-state index contributed by atoms with van der Waals surface area (Å²) in [5, 5.41) is 4.05. The van der Waals surface area contributed by atoms with Crippen molar-refractivity contribution in [2.24, 2.45) is 0 Å². The van der Waals surface area contributed by atoms with Crippen LogP contribution in [0.2, 0.25) is 0 Å². The number of methoxy groups -OCH3 is 1. The zero-order valence-electron chi connectivity index (χ0n) is 12.8. The van der Waals surface area contributed by atoms with Crippen LogP contribution < -0.4 is 4.74 Å². The molecule has 1 heterocycles. The summed E-state index contributed by atoms with van der Waals surface area (Å²) in [5.41, 5.74) is 2.40. The van der Waals surface area contributed by atoms with Gasteiger partial charge in [0.25, 0.3) is 0 Å². The first-order valence-corrected chi connectivity index (χ1v) is 7.30. The molecule has 0 radical (unpaired) electrons. The summed E-state index contributed by atoms with van der Waals surface area (Å²) in [5.74, 6) is 3.00. The van der Waals surface area contributed by atoms with Gasteiger partial charge in [0.2, 0.25) is 5.89 Å². The minimum Gasteiger partial charge on any atom is -0.496 e. The van der Waals surface area contributed by atoms with Gasteiger partial charge in [-0.05, 0) is 32.9 Å². The Morgan fingerprint density at radius 1 is 1.33 bits per heavy atom. The largest absolute Gasteiger partial charge is 0.496 e. The standard InChI is InChI=1S/C16H21N3O2/c1-11-4-7-14(20-3)13(8-11)9-19(2)10-15-17-16(18-21-15)12-5-6-12/h4,7-8,12H,5-6,9-10H2,1-3H3. The molecule has 2 aromatic rings. The molecule has 21 heavy (non-hydrogen) atoms. The Morgan fingerprint density at radius 2 is 2.14 bits per heavy atom. The zero-order valence-corrected chi connectivity index (χ0v) is 12.8. The number of ether oxygens (including phenoxy) is 1. The van der Waals surface area contributed by atoms with E-state index in [1.165, 1.54) is 24.0 Å². The molecule has 0 amide bonds. The van der Waals surface area contributed by atoms with Crippen LogP contribution in [0.25, 0.3) is 0 Å². The molecule has 0 unspecified atom stereocenters. The molecule has 1 aliphatic rings. The highest BCUT2D eigenvalue weighted by molar-refractivity contribution is 5.36. The van der Waals surface area contributed by atoms with Gasteiger partial charge in [0, 0.05) is 18.0 Å². The van der Waals surface area contributed by atoms with Gasteiger partial charge in [-0.25, -0.2) is 0 Å². The van der Waals surface area contributed by atoms with Gasteiger partial charge in [0.15, 0.2) is 5.82 Å². The Morgan fingerprint density at radius 3 is 2.86 bits per heavy atom. The lowest BCUT2D eigenvalue weighted by Crippen LogP contribution is -2.18. The normalized spacial score (nSPS) is 14.7. The van der Waals surface area contributed by atoms with Gasteiger partial charge in [-0.1, -0.05) is 22.9 Å². The van der Waals surface area contributed by atoms with Crippen molar-refractivity contribution in [3.8, 4) is 5.75 Å². The molecule has 0 N–H and O–H groups in total. The molecule has 0 spiro atoms. The third-order valence-electron chi connectivity index (χ3n) is 3.71. The van der Waals surface area contributed by atoms with Crippen LogP contribution in [0.15, 0.2) is 22.7 Å². The molecule has 1 aromatic carbocycles. The highest BCUT2D eigenvalue weighted by Gasteiger charge is 2.28. The summed E-state index contributed by atoms with van der Waals surface area (Å²) < 4.78 is 10.7. The molecule has 0 atom stereocenters. The van der Waals surface area contributed by atoms with Crippen LogP contribution in [0.4, 0.5) is 0 Å². The number of benzene rings is 1. The molecule has 0 bridgehead atoms. The SMILES string of the molecule is COc1ccc(C)cc1CN(C)Cc1nc(C2CC2)no1. The van der Waals surface area contributed by atoms with Gasteiger partial charge in [0.05, 0.1) is 13.7 Å². The van der Waals surface area contributed by atoms with E-state index in [0.29, 0.717) is 18.4 Å². The topological polar surface area (TPSA) is 51.4 Å². The maximum absolute atomic E-state index is 5.42. The third kappa shape index (κ3) is 3.42. The van der Waals surface area contributed by atoms with E-state index in [1.54, 1.807) is 7.11 Å². The third-order valence-corrected chi connectivity index (χ3v) is 3.71. The van der Waals surface area contributed by atoms with Crippen molar-refractivity contribution in [3.05, 3.63) is 41.0 Å². The number of hydrogen-bond donors (Lipinski definition) is 0. The van der Waals surface area contributed by atoms with Crippen molar-refractivity contribution in [1.82, 2.24) is 15.0 Å². The molecule has 1 aromatic heterocycles. The molecule has 112 valence electrons. The minimum absolute atomic E-state index is 0.532. The van der Waals surface area contributed by atoms with Crippen LogP contribution in [0, 0.1) is 6.92 Å². The van der Waals surface area contributed by atoms with E-state index in [0.717, 1.165) is 18.1 Å². The second kappa shape index (κ2) is 5.85. The number of rotatable bonds is 6. The summed E-state index contributed by atoms with van der Waals surface area (Å²) in [4.78, 5) is 6.62. The van der Waals surface area contributed by atoms with Crippen LogP contribution in [-0.4, -0.2) is 29.2 Å². The van der Waals surface area contributed by atoms with E-state index in [9.17, 15) is 0 Å². The molecule has 1 aliphatic carbocycles. The van der Waals surface area contributed by atoms with Crippen LogP contribution in [0.1, 0.15) is 41.6 Å². The molecule has 1 saturated carbocycles. The Hall–Kier alpha value is -1.88. The summed E-state index contributed by atoms with van der Waals surface area (Å²) >= 11 is 0. The molecule has 5 nitrogen and oxygen atoms in total. The number of nitrogens with zero attached hydrogens (tertiary/aromatic N) is 3. The smallest absolute Gasteiger partial charge is 0.240 e. The van der Waals surface area contributed by atoms with Crippen LogP contribution in [0.3, 0.4) is 0 Å². The van der Waals surface area contributed by atoms with E-state index in [4.69, 9.17) is 9.26 Å². The van der Waals surface area contributed by atoms with Crippen molar-refractivity contribution in [1.29, 1.82) is 0 Å². The molecular formula is C16H21N3O2. The molecule has 1 fully saturated rings. The van der Waals surface area contributed by atoms with Crippen molar-refractivity contribution in [2.45, 2.75) is 38.8 Å². The van der Waals surface area contributed by atoms with Gasteiger partial charge >= 0.3 is 0 Å². The first kappa shape index (κ1) is 14.1. The quantitative estimate of drug-likeness (QED) is 0.817. The second-order valence-electron chi connectivity index (χ2n) is 5.81.